The molecule has 12 heavy (non-hydrogen) atoms. The number of aromatic nitrogens is 2. The molecule has 0 aromatic carbocycles. The van der Waals surface area contributed by atoms with E-state index in [1.54, 1.807) is 7.05 Å². The largest absolute Gasteiger partial charge is 0.296 e. The summed E-state index contributed by atoms with van der Waals surface area (Å²) < 4.78 is 1.50. The third kappa shape index (κ3) is 1.37. The molecule has 3 nitrogen and oxygen atoms in total. The number of halogens is 1. The Bertz CT molecular complexity index is 304. The van der Waals surface area contributed by atoms with Crippen molar-refractivity contribution >= 4 is 17.9 Å². The van der Waals surface area contributed by atoms with Gasteiger partial charge in [-0.1, -0.05) is 25.4 Å². The van der Waals surface area contributed by atoms with Crippen LogP contribution in [-0.2, 0) is 7.05 Å². The smallest absolute Gasteiger partial charge is 0.169 e. The van der Waals surface area contributed by atoms with Gasteiger partial charge in [-0.2, -0.15) is 5.10 Å². The molecule has 0 fully saturated rings. The summed E-state index contributed by atoms with van der Waals surface area (Å²) in [6.45, 7) is 3.98. The SMILES string of the molecule is CC(C)c1nn(C)c(C=O)c1Cl. The van der Waals surface area contributed by atoms with Crippen molar-refractivity contribution in [2.45, 2.75) is 19.8 Å². The summed E-state index contributed by atoms with van der Waals surface area (Å²) in [6, 6.07) is 0. The van der Waals surface area contributed by atoms with Crippen molar-refractivity contribution in [2.24, 2.45) is 7.05 Å². The highest BCUT2D eigenvalue weighted by molar-refractivity contribution is 6.33. The summed E-state index contributed by atoms with van der Waals surface area (Å²) in [7, 11) is 1.71. The molecule has 1 aromatic rings. The predicted octanol–water partition coefficient (Wildman–Crippen LogP) is 2.01. The van der Waals surface area contributed by atoms with Crippen LogP contribution in [0.2, 0.25) is 5.02 Å². The van der Waals surface area contributed by atoms with Crippen molar-refractivity contribution in [2.75, 3.05) is 0 Å². The predicted molar refractivity (Wildman–Crippen MR) is 47.7 cm³/mol. The molecule has 0 unspecified atom stereocenters. The van der Waals surface area contributed by atoms with E-state index in [2.05, 4.69) is 5.10 Å². The third-order valence-electron chi connectivity index (χ3n) is 1.71. The average Bonchev–Trinajstić information content (AvgIpc) is 2.27. The number of hydrogen-bond donors (Lipinski definition) is 0. The van der Waals surface area contributed by atoms with Gasteiger partial charge in [-0.05, 0) is 5.92 Å². The van der Waals surface area contributed by atoms with Crippen LogP contribution in [-0.4, -0.2) is 16.1 Å². The minimum absolute atomic E-state index is 0.248. The summed E-state index contributed by atoms with van der Waals surface area (Å²) >= 11 is 5.91. The van der Waals surface area contributed by atoms with E-state index in [1.165, 1.54) is 4.68 Å². The van der Waals surface area contributed by atoms with E-state index >= 15 is 0 Å². The highest BCUT2D eigenvalue weighted by Gasteiger charge is 2.15. The van der Waals surface area contributed by atoms with Gasteiger partial charge in [0.05, 0.1) is 10.7 Å². The molecule has 0 amide bonds. The van der Waals surface area contributed by atoms with E-state index in [-0.39, 0.29) is 5.92 Å². The maximum Gasteiger partial charge on any atom is 0.169 e. The first-order valence-electron chi connectivity index (χ1n) is 3.75. The zero-order valence-electron chi connectivity index (χ0n) is 7.34. The molecule has 4 heteroatoms. The molecular formula is C8H11ClN2O. The Kier molecular flexibility index (Phi) is 2.52. The lowest BCUT2D eigenvalue weighted by Gasteiger charge is -1.97. The summed E-state index contributed by atoms with van der Waals surface area (Å²) in [6.07, 6.45) is 0.723. The minimum Gasteiger partial charge on any atom is -0.296 e. The van der Waals surface area contributed by atoms with Crippen LogP contribution in [0.4, 0.5) is 0 Å². The van der Waals surface area contributed by atoms with E-state index in [0.717, 1.165) is 12.0 Å². The fourth-order valence-corrected chi connectivity index (χ4v) is 1.45. The Morgan fingerprint density at radius 2 is 2.17 bits per heavy atom. The van der Waals surface area contributed by atoms with Gasteiger partial charge in [0.15, 0.2) is 6.29 Å². The van der Waals surface area contributed by atoms with Crippen LogP contribution in [0.25, 0.3) is 0 Å². The number of nitrogens with zero attached hydrogens (tertiary/aromatic N) is 2. The quantitative estimate of drug-likeness (QED) is 0.663. The summed E-state index contributed by atoms with van der Waals surface area (Å²) in [5.74, 6) is 0.248. The zero-order chi connectivity index (χ0) is 9.30. The number of aldehydes is 1. The molecule has 66 valence electrons. The Labute approximate surface area is 76.3 Å². The second-order valence-electron chi connectivity index (χ2n) is 2.98. The lowest BCUT2D eigenvalue weighted by Crippen LogP contribution is -1.96. The van der Waals surface area contributed by atoms with E-state index in [1.807, 2.05) is 13.8 Å². The van der Waals surface area contributed by atoms with Gasteiger partial charge in [-0.3, -0.25) is 9.48 Å². The molecule has 0 bridgehead atoms. The fourth-order valence-electron chi connectivity index (χ4n) is 1.03. The monoisotopic (exact) mass is 186 g/mol. The average molecular weight is 187 g/mol. The first kappa shape index (κ1) is 9.26. The summed E-state index contributed by atoms with van der Waals surface area (Å²) in [5.41, 5.74) is 1.22. The first-order valence-corrected chi connectivity index (χ1v) is 4.13. The normalized spacial score (nSPS) is 10.8. The molecule has 1 aromatic heterocycles. The first-order chi connectivity index (χ1) is 5.57. The van der Waals surface area contributed by atoms with Crippen LogP contribution in [0.15, 0.2) is 0 Å². The van der Waals surface area contributed by atoms with E-state index in [9.17, 15) is 4.79 Å². The van der Waals surface area contributed by atoms with Gasteiger partial charge in [0.2, 0.25) is 0 Å². The van der Waals surface area contributed by atoms with Gasteiger partial charge >= 0.3 is 0 Å². The molecule has 0 saturated heterocycles. The van der Waals surface area contributed by atoms with Crippen molar-refractivity contribution < 1.29 is 4.79 Å². The molecule has 0 aliphatic rings. The zero-order valence-corrected chi connectivity index (χ0v) is 8.09. The van der Waals surface area contributed by atoms with Crippen LogP contribution in [0.5, 0.6) is 0 Å². The van der Waals surface area contributed by atoms with Crippen molar-refractivity contribution in [1.82, 2.24) is 9.78 Å². The Morgan fingerprint density at radius 3 is 2.42 bits per heavy atom. The summed E-state index contributed by atoms with van der Waals surface area (Å²) in [4.78, 5) is 10.5. The number of rotatable bonds is 2. The maximum atomic E-state index is 10.5. The fraction of sp³-hybridized carbons (Fsp3) is 0.500. The number of hydrogen-bond acceptors (Lipinski definition) is 2. The maximum absolute atomic E-state index is 10.5. The minimum atomic E-state index is 0.248. The van der Waals surface area contributed by atoms with Gasteiger partial charge in [0.25, 0.3) is 0 Å². The topological polar surface area (TPSA) is 34.9 Å². The van der Waals surface area contributed by atoms with Gasteiger partial charge in [0.1, 0.15) is 5.69 Å². The van der Waals surface area contributed by atoms with Crippen molar-refractivity contribution in [1.29, 1.82) is 0 Å². The lowest BCUT2D eigenvalue weighted by molar-refractivity contribution is 0.111. The number of carbonyl (C=O) groups is 1. The van der Waals surface area contributed by atoms with Gasteiger partial charge in [-0.25, -0.2) is 0 Å². The third-order valence-corrected chi connectivity index (χ3v) is 2.10. The van der Waals surface area contributed by atoms with Gasteiger partial charge in [-0.15, -0.1) is 0 Å². The van der Waals surface area contributed by atoms with Crippen molar-refractivity contribution in [3.05, 3.63) is 16.4 Å². The molecular weight excluding hydrogens is 176 g/mol. The second-order valence-corrected chi connectivity index (χ2v) is 3.36. The highest BCUT2D eigenvalue weighted by Crippen LogP contribution is 2.24. The van der Waals surface area contributed by atoms with Gasteiger partial charge in [0, 0.05) is 7.05 Å². The standard InChI is InChI=1S/C8H11ClN2O/c1-5(2)8-7(9)6(4-12)11(3)10-8/h4-5H,1-3H3. The second kappa shape index (κ2) is 3.27. The van der Waals surface area contributed by atoms with E-state index < -0.39 is 0 Å². The highest BCUT2D eigenvalue weighted by atomic mass is 35.5. The van der Waals surface area contributed by atoms with Crippen LogP contribution in [0.1, 0.15) is 35.9 Å². The molecule has 0 saturated carbocycles. The number of carbonyl (C=O) groups excluding carboxylic acids is 1. The molecule has 0 N–H and O–H groups in total. The van der Waals surface area contributed by atoms with Crippen LogP contribution < -0.4 is 0 Å². The lowest BCUT2D eigenvalue weighted by atomic mass is 10.1. The van der Waals surface area contributed by atoms with Crippen molar-refractivity contribution in [3.8, 4) is 0 Å². The molecule has 0 aliphatic carbocycles. The molecule has 0 spiro atoms. The molecule has 1 rings (SSSR count). The Balaban J connectivity index is 3.26. The Morgan fingerprint density at radius 1 is 1.58 bits per heavy atom. The van der Waals surface area contributed by atoms with Crippen molar-refractivity contribution in [3.63, 3.8) is 0 Å². The van der Waals surface area contributed by atoms with Crippen LogP contribution in [0, 0.1) is 0 Å². The number of aryl methyl sites for hydroxylation is 1. The van der Waals surface area contributed by atoms with E-state index in [4.69, 9.17) is 11.6 Å². The van der Waals surface area contributed by atoms with Crippen LogP contribution >= 0.6 is 11.6 Å². The Hall–Kier alpha value is -0.830. The summed E-state index contributed by atoms with van der Waals surface area (Å²) in [5, 5.41) is 4.61. The molecule has 1 heterocycles. The van der Waals surface area contributed by atoms with Gasteiger partial charge < -0.3 is 0 Å². The van der Waals surface area contributed by atoms with Crippen LogP contribution in [0.3, 0.4) is 0 Å². The molecule has 0 aliphatic heterocycles. The molecule has 0 atom stereocenters. The molecule has 0 radical (unpaired) electrons. The van der Waals surface area contributed by atoms with E-state index in [0.29, 0.717) is 10.7 Å².